The highest BCUT2D eigenvalue weighted by atomic mass is 16.5. The third kappa shape index (κ3) is 2.25. The molecule has 17 heavy (non-hydrogen) atoms. The number of benzene rings is 1. The number of nitriles is 2. The number of nitrogens with zero attached hydrogens (tertiary/aromatic N) is 3. The number of hydrogen-bond acceptors (Lipinski definition) is 4. The van der Waals surface area contributed by atoms with Crippen LogP contribution in [0.15, 0.2) is 24.3 Å². The van der Waals surface area contributed by atoms with E-state index in [-0.39, 0.29) is 19.1 Å². The molecule has 5 heteroatoms. The van der Waals surface area contributed by atoms with E-state index in [9.17, 15) is 4.79 Å². The molecule has 1 aliphatic heterocycles. The van der Waals surface area contributed by atoms with Gasteiger partial charge < -0.3 is 9.64 Å². The van der Waals surface area contributed by atoms with Crippen LogP contribution in [-0.2, 0) is 9.53 Å². The van der Waals surface area contributed by atoms with E-state index in [0.29, 0.717) is 11.3 Å². The van der Waals surface area contributed by atoms with Crippen LogP contribution >= 0.6 is 0 Å². The van der Waals surface area contributed by atoms with E-state index in [2.05, 4.69) is 0 Å². The fourth-order valence-corrected chi connectivity index (χ4v) is 1.64. The van der Waals surface area contributed by atoms with Crippen LogP contribution in [0.2, 0.25) is 0 Å². The summed E-state index contributed by atoms with van der Waals surface area (Å²) in [4.78, 5) is 13.1. The second-order valence-corrected chi connectivity index (χ2v) is 3.60. The average molecular weight is 227 g/mol. The number of ether oxygens (including phenoxy) is 1. The van der Waals surface area contributed by atoms with Gasteiger partial charge in [0.1, 0.15) is 6.61 Å². The number of carbonyl (C=O) groups is 1. The molecular formula is C12H9N3O2. The zero-order valence-electron chi connectivity index (χ0n) is 8.96. The zero-order valence-corrected chi connectivity index (χ0v) is 8.96. The molecule has 0 aromatic heterocycles. The summed E-state index contributed by atoms with van der Waals surface area (Å²) in [6.45, 7) is 0.0965. The Hall–Kier alpha value is -2.37. The molecule has 0 bridgehead atoms. The van der Waals surface area contributed by atoms with E-state index < -0.39 is 6.10 Å². The number of rotatable bonds is 1. The van der Waals surface area contributed by atoms with Crippen molar-refractivity contribution in [2.45, 2.75) is 6.10 Å². The minimum absolute atomic E-state index is 0.102. The molecule has 1 fully saturated rings. The third-order valence-electron chi connectivity index (χ3n) is 2.49. The number of anilines is 1. The fourth-order valence-electron chi connectivity index (χ4n) is 1.64. The molecule has 5 nitrogen and oxygen atoms in total. The molecule has 1 amide bonds. The minimum Gasteiger partial charge on any atom is -0.352 e. The Morgan fingerprint density at radius 1 is 1.41 bits per heavy atom. The van der Waals surface area contributed by atoms with Crippen molar-refractivity contribution >= 4 is 11.6 Å². The first-order chi connectivity index (χ1) is 8.24. The van der Waals surface area contributed by atoms with Crippen LogP contribution in [0, 0.1) is 22.7 Å². The van der Waals surface area contributed by atoms with Crippen LogP contribution in [0.1, 0.15) is 5.56 Å². The van der Waals surface area contributed by atoms with Crippen LogP contribution in [0.4, 0.5) is 5.69 Å². The number of carbonyl (C=O) groups excluding carboxylic acids is 1. The van der Waals surface area contributed by atoms with E-state index in [0.717, 1.165) is 0 Å². The van der Waals surface area contributed by atoms with Crippen molar-refractivity contribution in [1.82, 2.24) is 0 Å². The van der Waals surface area contributed by atoms with Gasteiger partial charge in [-0.05, 0) is 18.2 Å². The highest BCUT2D eigenvalue weighted by Crippen LogP contribution is 2.19. The molecule has 0 aliphatic carbocycles. The molecule has 1 aromatic carbocycles. The van der Waals surface area contributed by atoms with Crippen molar-refractivity contribution < 1.29 is 9.53 Å². The molecule has 0 N–H and O–H groups in total. The highest BCUT2D eigenvalue weighted by molar-refractivity contribution is 5.95. The van der Waals surface area contributed by atoms with Crippen molar-refractivity contribution in [2.75, 3.05) is 18.1 Å². The van der Waals surface area contributed by atoms with Gasteiger partial charge in [-0.3, -0.25) is 4.79 Å². The van der Waals surface area contributed by atoms with Crippen LogP contribution in [0.5, 0.6) is 0 Å². The molecule has 0 radical (unpaired) electrons. The summed E-state index contributed by atoms with van der Waals surface area (Å²) >= 11 is 0. The van der Waals surface area contributed by atoms with Gasteiger partial charge in [-0.2, -0.15) is 10.5 Å². The summed E-state index contributed by atoms with van der Waals surface area (Å²) in [5, 5.41) is 17.6. The molecule has 1 aromatic rings. The Morgan fingerprint density at radius 3 is 2.94 bits per heavy atom. The smallest absolute Gasteiger partial charge is 0.253 e. The monoisotopic (exact) mass is 227 g/mol. The van der Waals surface area contributed by atoms with Gasteiger partial charge in [-0.25, -0.2) is 0 Å². The lowest BCUT2D eigenvalue weighted by atomic mass is 10.2. The van der Waals surface area contributed by atoms with E-state index in [1.165, 1.54) is 4.90 Å². The first kappa shape index (κ1) is 11.1. The van der Waals surface area contributed by atoms with Crippen molar-refractivity contribution in [1.29, 1.82) is 10.5 Å². The predicted molar refractivity (Wildman–Crippen MR) is 58.9 cm³/mol. The van der Waals surface area contributed by atoms with Crippen LogP contribution in [0.25, 0.3) is 0 Å². The lowest BCUT2D eigenvalue weighted by molar-refractivity contribution is -0.127. The molecule has 84 valence electrons. The van der Waals surface area contributed by atoms with Gasteiger partial charge in [0.15, 0.2) is 6.10 Å². The second-order valence-electron chi connectivity index (χ2n) is 3.60. The second kappa shape index (κ2) is 4.65. The number of amides is 1. The summed E-state index contributed by atoms with van der Waals surface area (Å²) in [5.74, 6) is -0.202. The molecular weight excluding hydrogens is 218 g/mol. The Morgan fingerprint density at radius 2 is 2.24 bits per heavy atom. The maximum Gasteiger partial charge on any atom is 0.253 e. The first-order valence-corrected chi connectivity index (χ1v) is 5.06. The molecule has 1 atom stereocenters. The largest absolute Gasteiger partial charge is 0.352 e. The van der Waals surface area contributed by atoms with E-state index >= 15 is 0 Å². The van der Waals surface area contributed by atoms with E-state index in [1.54, 1.807) is 24.3 Å². The van der Waals surface area contributed by atoms with E-state index in [1.807, 2.05) is 12.1 Å². The van der Waals surface area contributed by atoms with Gasteiger partial charge in [0, 0.05) is 5.69 Å². The lowest BCUT2D eigenvalue weighted by Crippen LogP contribution is -2.46. The Kier molecular flexibility index (Phi) is 3.04. The standard InChI is InChI=1S/C12H9N3O2/c13-5-9-2-1-3-10(4-9)15-7-11(6-14)17-8-12(15)16/h1-4,11H,7-8H2. The molecule has 1 aliphatic rings. The summed E-state index contributed by atoms with van der Waals surface area (Å²) < 4.78 is 5.03. The van der Waals surface area contributed by atoms with E-state index in [4.69, 9.17) is 15.3 Å². The van der Waals surface area contributed by atoms with Gasteiger partial charge >= 0.3 is 0 Å². The maximum absolute atomic E-state index is 11.7. The minimum atomic E-state index is -0.613. The van der Waals surface area contributed by atoms with Crippen molar-refractivity contribution in [3.8, 4) is 12.1 Å². The van der Waals surface area contributed by atoms with Gasteiger partial charge in [0.05, 0.1) is 24.2 Å². The normalized spacial score (nSPS) is 19.5. The SMILES string of the molecule is N#Cc1cccc(N2CC(C#N)OCC2=O)c1. The molecule has 0 saturated carbocycles. The van der Waals surface area contributed by atoms with Crippen LogP contribution < -0.4 is 4.90 Å². The highest BCUT2D eigenvalue weighted by Gasteiger charge is 2.27. The van der Waals surface area contributed by atoms with Gasteiger partial charge in [0.2, 0.25) is 0 Å². The first-order valence-electron chi connectivity index (χ1n) is 5.06. The Bertz CT molecular complexity index is 527. The summed E-state index contributed by atoms with van der Waals surface area (Å²) in [6, 6.07) is 10.7. The molecule has 1 saturated heterocycles. The fraction of sp³-hybridized carbons (Fsp3) is 0.250. The predicted octanol–water partition coefficient (Wildman–Crippen LogP) is 0.814. The Labute approximate surface area is 98.4 Å². The van der Waals surface area contributed by atoms with Crippen LogP contribution in [-0.4, -0.2) is 25.2 Å². The van der Waals surface area contributed by atoms with Gasteiger partial charge in [-0.15, -0.1) is 0 Å². The van der Waals surface area contributed by atoms with Crippen molar-refractivity contribution in [3.05, 3.63) is 29.8 Å². The van der Waals surface area contributed by atoms with Crippen molar-refractivity contribution in [3.63, 3.8) is 0 Å². The van der Waals surface area contributed by atoms with Gasteiger partial charge in [0.25, 0.3) is 5.91 Å². The molecule has 1 heterocycles. The Balaban J connectivity index is 2.28. The molecule has 2 rings (SSSR count). The molecule has 0 spiro atoms. The topological polar surface area (TPSA) is 77.1 Å². The average Bonchev–Trinajstić information content (AvgIpc) is 2.39. The van der Waals surface area contributed by atoms with Gasteiger partial charge in [-0.1, -0.05) is 6.07 Å². The lowest BCUT2D eigenvalue weighted by Gasteiger charge is -2.29. The zero-order chi connectivity index (χ0) is 12.3. The maximum atomic E-state index is 11.7. The van der Waals surface area contributed by atoms with Crippen molar-refractivity contribution in [2.24, 2.45) is 0 Å². The number of hydrogen-bond donors (Lipinski definition) is 0. The summed E-state index contributed by atoms with van der Waals surface area (Å²) in [5.41, 5.74) is 1.10. The molecule has 1 unspecified atom stereocenters. The third-order valence-corrected chi connectivity index (χ3v) is 2.49. The quantitative estimate of drug-likeness (QED) is 0.711. The summed E-state index contributed by atoms with van der Waals surface area (Å²) in [7, 11) is 0. The number of morpholine rings is 1. The van der Waals surface area contributed by atoms with Crippen LogP contribution in [0.3, 0.4) is 0 Å². The summed E-state index contributed by atoms with van der Waals surface area (Å²) in [6.07, 6.45) is -0.613.